The topological polar surface area (TPSA) is 64.1 Å². The van der Waals surface area contributed by atoms with Gasteiger partial charge in [-0.25, -0.2) is 9.97 Å². The summed E-state index contributed by atoms with van der Waals surface area (Å²) in [6.07, 6.45) is 0. The number of aryl methyl sites for hydroxylation is 3. The molecule has 2 aromatic carbocycles. The lowest BCUT2D eigenvalue weighted by molar-refractivity contribution is -0.113. The van der Waals surface area contributed by atoms with Crippen LogP contribution in [0.3, 0.4) is 0 Å². The summed E-state index contributed by atoms with van der Waals surface area (Å²) in [6.45, 7) is 6.27. The van der Waals surface area contributed by atoms with Crippen molar-refractivity contribution in [3.63, 3.8) is 0 Å². The maximum Gasteiger partial charge on any atom is 0.234 e. The van der Waals surface area contributed by atoms with Crippen molar-refractivity contribution >= 4 is 23.4 Å². The molecule has 6 heteroatoms. The molecule has 0 aliphatic carbocycles. The Morgan fingerprint density at radius 3 is 2.43 bits per heavy atom. The van der Waals surface area contributed by atoms with Gasteiger partial charge in [0, 0.05) is 11.4 Å². The third-order valence-corrected chi connectivity index (χ3v) is 4.79. The molecule has 0 radical (unpaired) electrons. The summed E-state index contributed by atoms with van der Waals surface area (Å²) >= 11 is 1.32. The van der Waals surface area contributed by atoms with E-state index in [1.54, 1.807) is 0 Å². The molecule has 3 aromatic rings. The van der Waals surface area contributed by atoms with Crippen molar-refractivity contribution in [2.75, 3.05) is 11.1 Å². The number of rotatable bonds is 7. The molecular weight excluding hydrogens is 370 g/mol. The maximum atomic E-state index is 12.4. The average Bonchev–Trinajstić information content (AvgIpc) is 2.66. The van der Waals surface area contributed by atoms with Gasteiger partial charge in [-0.1, -0.05) is 48.2 Å². The number of nitrogens with one attached hydrogen (secondary N) is 1. The van der Waals surface area contributed by atoms with E-state index in [0.29, 0.717) is 23.2 Å². The Bertz CT molecular complexity index is 941. The van der Waals surface area contributed by atoms with E-state index < -0.39 is 0 Å². The predicted octanol–water partition coefficient (Wildman–Crippen LogP) is 4.71. The maximum absolute atomic E-state index is 12.4. The number of amides is 1. The minimum absolute atomic E-state index is 0.124. The van der Waals surface area contributed by atoms with Crippen LogP contribution in [0.4, 0.5) is 5.69 Å². The molecule has 1 amide bonds. The fourth-order valence-electron chi connectivity index (χ4n) is 2.66. The predicted molar refractivity (Wildman–Crippen MR) is 113 cm³/mol. The van der Waals surface area contributed by atoms with Crippen LogP contribution in [0.5, 0.6) is 5.75 Å². The van der Waals surface area contributed by atoms with Crippen molar-refractivity contribution in [1.29, 1.82) is 0 Å². The van der Waals surface area contributed by atoms with Crippen LogP contribution in [0.25, 0.3) is 0 Å². The second kappa shape index (κ2) is 9.37. The Kier molecular flexibility index (Phi) is 6.66. The van der Waals surface area contributed by atoms with Crippen molar-refractivity contribution in [3.05, 3.63) is 77.1 Å². The Morgan fingerprint density at radius 2 is 1.71 bits per heavy atom. The fourth-order valence-corrected chi connectivity index (χ4v) is 3.41. The van der Waals surface area contributed by atoms with E-state index in [1.165, 1.54) is 11.8 Å². The average molecular weight is 394 g/mol. The normalized spacial score (nSPS) is 10.5. The summed E-state index contributed by atoms with van der Waals surface area (Å²) in [4.78, 5) is 21.1. The first-order chi connectivity index (χ1) is 13.5. The van der Waals surface area contributed by atoms with Gasteiger partial charge >= 0.3 is 0 Å². The number of nitrogens with zero attached hydrogens (tertiary/aromatic N) is 2. The van der Waals surface area contributed by atoms with Gasteiger partial charge in [0.15, 0.2) is 5.16 Å². The van der Waals surface area contributed by atoms with Crippen LogP contribution in [-0.2, 0) is 11.4 Å². The van der Waals surface area contributed by atoms with E-state index in [0.717, 1.165) is 22.5 Å². The van der Waals surface area contributed by atoms with Crippen LogP contribution in [0.2, 0.25) is 0 Å². The lowest BCUT2D eigenvalue weighted by Crippen LogP contribution is -2.15. The molecule has 3 rings (SSSR count). The largest absolute Gasteiger partial charge is 0.487 e. The number of carbonyl (C=O) groups is 1. The fraction of sp³-hybridized carbons (Fsp3) is 0.227. The van der Waals surface area contributed by atoms with E-state index in [-0.39, 0.29) is 11.7 Å². The molecular formula is C22H23N3O2S. The molecule has 0 fully saturated rings. The van der Waals surface area contributed by atoms with Gasteiger partial charge in [-0.05, 0) is 50.1 Å². The summed E-state index contributed by atoms with van der Waals surface area (Å²) < 4.78 is 5.95. The monoisotopic (exact) mass is 393 g/mol. The summed E-state index contributed by atoms with van der Waals surface area (Å²) in [7, 11) is 0. The first kappa shape index (κ1) is 19.9. The number of anilines is 1. The van der Waals surface area contributed by atoms with Crippen LogP contribution in [0.15, 0.2) is 59.8 Å². The van der Waals surface area contributed by atoms with Crippen LogP contribution < -0.4 is 10.1 Å². The summed E-state index contributed by atoms with van der Waals surface area (Å²) in [5.41, 5.74) is 4.59. The highest BCUT2D eigenvalue weighted by Gasteiger charge is 2.11. The Morgan fingerprint density at radius 1 is 1.00 bits per heavy atom. The smallest absolute Gasteiger partial charge is 0.234 e. The molecule has 0 unspecified atom stereocenters. The number of thioether (sulfide) groups is 1. The molecule has 0 aliphatic rings. The van der Waals surface area contributed by atoms with Gasteiger partial charge in [0.25, 0.3) is 0 Å². The highest BCUT2D eigenvalue weighted by atomic mass is 32.2. The summed E-state index contributed by atoms with van der Waals surface area (Å²) in [5, 5.41) is 3.54. The van der Waals surface area contributed by atoms with E-state index >= 15 is 0 Å². The number of hydrogen-bond donors (Lipinski definition) is 1. The minimum Gasteiger partial charge on any atom is -0.487 e. The van der Waals surface area contributed by atoms with Gasteiger partial charge in [-0.15, -0.1) is 0 Å². The van der Waals surface area contributed by atoms with E-state index in [9.17, 15) is 4.79 Å². The first-order valence-electron chi connectivity index (χ1n) is 9.02. The minimum atomic E-state index is -0.124. The second-order valence-electron chi connectivity index (χ2n) is 6.54. The third kappa shape index (κ3) is 5.82. The van der Waals surface area contributed by atoms with Gasteiger partial charge in [0.05, 0.1) is 11.4 Å². The molecule has 0 bridgehead atoms. The van der Waals surface area contributed by atoms with Crippen LogP contribution in [0, 0.1) is 20.8 Å². The van der Waals surface area contributed by atoms with Crippen molar-refractivity contribution in [1.82, 2.24) is 9.97 Å². The van der Waals surface area contributed by atoms with Gasteiger partial charge < -0.3 is 10.1 Å². The van der Waals surface area contributed by atoms with Crippen molar-refractivity contribution in [2.45, 2.75) is 32.5 Å². The van der Waals surface area contributed by atoms with Gasteiger partial charge in [0.1, 0.15) is 12.4 Å². The molecule has 5 nitrogen and oxygen atoms in total. The zero-order valence-corrected chi connectivity index (χ0v) is 17.0. The lowest BCUT2D eigenvalue weighted by Gasteiger charge is -2.13. The number of carbonyl (C=O) groups excluding carboxylic acids is 1. The Labute approximate surface area is 169 Å². The molecule has 28 heavy (non-hydrogen) atoms. The quantitative estimate of drug-likeness (QED) is 0.465. The molecule has 0 saturated carbocycles. The number of ether oxygens (including phenoxy) is 1. The summed E-state index contributed by atoms with van der Waals surface area (Å²) in [6, 6.07) is 17.6. The van der Waals surface area contributed by atoms with Crippen molar-refractivity contribution in [2.24, 2.45) is 0 Å². The van der Waals surface area contributed by atoms with Gasteiger partial charge in [-0.2, -0.15) is 0 Å². The van der Waals surface area contributed by atoms with E-state index in [1.807, 2.05) is 75.4 Å². The Hall–Kier alpha value is -2.86. The van der Waals surface area contributed by atoms with Crippen LogP contribution in [0.1, 0.15) is 22.5 Å². The molecule has 1 aromatic heterocycles. The Balaban J connectivity index is 1.63. The van der Waals surface area contributed by atoms with Gasteiger partial charge in [0.2, 0.25) is 5.91 Å². The van der Waals surface area contributed by atoms with Gasteiger partial charge in [-0.3, -0.25) is 4.79 Å². The molecule has 0 atom stereocenters. The molecule has 1 heterocycles. The first-order valence-corrected chi connectivity index (χ1v) is 10.0. The molecule has 144 valence electrons. The second-order valence-corrected chi connectivity index (χ2v) is 7.49. The summed E-state index contributed by atoms with van der Waals surface area (Å²) in [5.74, 6) is 0.764. The van der Waals surface area contributed by atoms with E-state index in [4.69, 9.17) is 4.74 Å². The molecule has 0 saturated heterocycles. The zero-order valence-electron chi connectivity index (χ0n) is 16.2. The number of hydrogen-bond acceptors (Lipinski definition) is 5. The van der Waals surface area contributed by atoms with E-state index in [2.05, 4.69) is 15.3 Å². The lowest BCUT2D eigenvalue weighted by atomic mass is 10.2. The third-order valence-electron chi connectivity index (χ3n) is 3.94. The van der Waals surface area contributed by atoms with Crippen molar-refractivity contribution < 1.29 is 9.53 Å². The van der Waals surface area contributed by atoms with Crippen LogP contribution in [-0.4, -0.2) is 21.6 Å². The highest BCUT2D eigenvalue weighted by Crippen LogP contribution is 2.27. The molecule has 1 N–H and O–H groups in total. The number of benzene rings is 2. The molecule has 0 spiro atoms. The standard InChI is InChI=1S/C22H23N3O2S/c1-15-9-10-19(20(11-15)27-13-18-7-5-4-6-8-18)25-21(26)14-28-22-23-16(2)12-17(3)24-22/h4-12H,13-14H2,1-3H3,(H,25,26). The van der Waals surface area contributed by atoms with Crippen LogP contribution >= 0.6 is 11.8 Å². The molecule has 0 aliphatic heterocycles. The zero-order chi connectivity index (χ0) is 19.9. The highest BCUT2D eigenvalue weighted by molar-refractivity contribution is 7.99. The van der Waals surface area contributed by atoms with Crippen molar-refractivity contribution in [3.8, 4) is 5.75 Å². The number of aromatic nitrogens is 2. The SMILES string of the molecule is Cc1ccc(NC(=O)CSc2nc(C)cc(C)n2)c(OCc2ccccc2)c1.